The van der Waals surface area contributed by atoms with Gasteiger partial charge in [-0.05, 0) is 107 Å². The highest BCUT2D eigenvalue weighted by Crippen LogP contribution is 2.38. The van der Waals surface area contributed by atoms with Crippen molar-refractivity contribution in [1.82, 2.24) is 24.9 Å². The van der Waals surface area contributed by atoms with Gasteiger partial charge in [-0.3, -0.25) is 29.3 Å². The average Bonchev–Trinajstić information content (AvgIpc) is 3.64. The summed E-state index contributed by atoms with van der Waals surface area (Å²) >= 11 is 6.27. The van der Waals surface area contributed by atoms with Crippen molar-refractivity contribution in [3.63, 3.8) is 0 Å². The summed E-state index contributed by atoms with van der Waals surface area (Å²) in [4.78, 5) is 43.3. The molecule has 1 aromatic heterocycles. The molecule has 3 aromatic carbocycles. The Bertz CT molecular complexity index is 2380. The second kappa shape index (κ2) is 15.8. The summed E-state index contributed by atoms with van der Waals surface area (Å²) in [5, 5.41) is 27.8. The standard InChI is InChI=1S/C44H43ClFN7O4/c1-26-27(2)52(49-41(26)30-7-8-31(24-47)37(45)22-30)25-32-6-5-29(21-38(32)46)4-3-28-13-17-50(18-14-28)33-15-19-51(20-16-33)34-9-10-35-36(23-34)44(57)53(43(35)56)39-11-12-40(54)48-42(39)55/h5-10,21-23,28,33,39,44,57H,11-20,25H2,1-2H3,(H,48,54,55). The minimum atomic E-state index is -1.24. The maximum absolute atomic E-state index is 15.4. The smallest absolute Gasteiger partial charge is 0.257 e. The molecular weight excluding hydrogens is 745 g/mol. The van der Waals surface area contributed by atoms with Crippen LogP contribution in [0.2, 0.25) is 5.02 Å². The van der Waals surface area contributed by atoms with Crippen molar-refractivity contribution in [2.24, 2.45) is 5.92 Å². The Kier molecular flexibility index (Phi) is 10.6. The van der Waals surface area contributed by atoms with Crippen molar-refractivity contribution >= 4 is 35.0 Å². The number of fused-ring (bicyclic) bond motifs is 1. The van der Waals surface area contributed by atoms with Gasteiger partial charge in [-0.25, -0.2) is 4.39 Å². The van der Waals surface area contributed by atoms with Crippen molar-refractivity contribution in [1.29, 1.82) is 5.26 Å². The van der Waals surface area contributed by atoms with Crippen LogP contribution < -0.4 is 10.2 Å². The number of piperidine rings is 3. The van der Waals surface area contributed by atoms with Gasteiger partial charge in [0, 0.05) is 70.7 Å². The predicted molar refractivity (Wildman–Crippen MR) is 213 cm³/mol. The number of benzene rings is 3. The van der Waals surface area contributed by atoms with E-state index in [1.807, 2.05) is 38.1 Å². The number of aliphatic hydroxyl groups is 1. The van der Waals surface area contributed by atoms with Crippen LogP contribution in [0.4, 0.5) is 10.1 Å². The van der Waals surface area contributed by atoms with Gasteiger partial charge in [0.2, 0.25) is 11.8 Å². The molecule has 0 spiro atoms. The van der Waals surface area contributed by atoms with Crippen LogP contribution in [-0.4, -0.2) is 80.7 Å². The Morgan fingerprint density at radius 2 is 1.74 bits per heavy atom. The molecule has 57 heavy (non-hydrogen) atoms. The van der Waals surface area contributed by atoms with E-state index in [-0.39, 0.29) is 37.0 Å². The number of aliphatic hydroxyl groups excluding tert-OH is 1. The van der Waals surface area contributed by atoms with Crippen LogP contribution in [0.1, 0.15) is 88.6 Å². The monoisotopic (exact) mass is 787 g/mol. The zero-order valence-electron chi connectivity index (χ0n) is 31.9. The first-order valence-electron chi connectivity index (χ1n) is 19.5. The van der Waals surface area contributed by atoms with E-state index in [4.69, 9.17) is 16.7 Å². The van der Waals surface area contributed by atoms with Crippen LogP contribution in [-0.2, 0) is 16.1 Å². The van der Waals surface area contributed by atoms with Gasteiger partial charge >= 0.3 is 0 Å². The molecule has 4 aliphatic rings. The van der Waals surface area contributed by atoms with E-state index < -0.39 is 24.1 Å². The fourth-order valence-electron chi connectivity index (χ4n) is 8.63. The first kappa shape index (κ1) is 38.3. The molecule has 0 saturated carbocycles. The molecule has 2 atom stereocenters. The van der Waals surface area contributed by atoms with Gasteiger partial charge in [-0.1, -0.05) is 35.6 Å². The third kappa shape index (κ3) is 7.53. The normalized spacial score (nSPS) is 20.6. The second-order valence-corrected chi connectivity index (χ2v) is 15.9. The van der Waals surface area contributed by atoms with Crippen LogP contribution in [0.3, 0.4) is 0 Å². The number of hydrogen-bond acceptors (Lipinski definition) is 8. The van der Waals surface area contributed by atoms with E-state index in [9.17, 15) is 24.8 Å². The highest BCUT2D eigenvalue weighted by atomic mass is 35.5. The molecule has 2 N–H and O–H groups in total. The van der Waals surface area contributed by atoms with Crippen molar-refractivity contribution in [2.45, 2.75) is 77.2 Å². The number of halogens is 2. The maximum atomic E-state index is 15.4. The highest BCUT2D eigenvalue weighted by Gasteiger charge is 2.44. The third-order valence-electron chi connectivity index (χ3n) is 12.1. The van der Waals surface area contributed by atoms with E-state index >= 15 is 4.39 Å². The Morgan fingerprint density at radius 1 is 0.965 bits per heavy atom. The van der Waals surface area contributed by atoms with E-state index in [1.54, 1.807) is 28.9 Å². The fraction of sp³-hybridized carbons (Fsp3) is 0.386. The molecule has 292 valence electrons. The summed E-state index contributed by atoms with van der Waals surface area (Å²) in [6, 6.07) is 17.6. The number of amides is 3. The number of nitriles is 1. The summed E-state index contributed by atoms with van der Waals surface area (Å²) in [5.41, 5.74) is 6.84. The topological polar surface area (TPSA) is 135 Å². The first-order chi connectivity index (χ1) is 27.5. The Labute approximate surface area is 336 Å². The lowest BCUT2D eigenvalue weighted by Crippen LogP contribution is -2.53. The summed E-state index contributed by atoms with van der Waals surface area (Å²) in [7, 11) is 0. The number of nitrogens with zero attached hydrogens (tertiary/aromatic N) is 6. The van der Waals surface area contributed by atoms with Crippen LogP contribution >= 0.6 is 11.6 Å². The van der Waals surface area contributed by atoms with Gasteiger partial charge in [0.15, 0.2) is 6.23 Å². The molecular formula is C44H43ClFN7O4. The first-order valence-corrected chi connectivity index (χ1v) is 19.9. The van der Waals surface area contributed by atoms with Gasteiger partial charge in [0.25, 0.3) is 5.91 Å². The largest absolute Gasteiger partial charge is 0.371 e. The van der Waals surface area contributed by atoms with Crippen LogP contribution in [0.25, 0.3) is 11.3 Å². The number of carbonyl (C=O) groups excluding carboxylic acids is 3. The molecule has 0 bridgehead atoms. The van der Waals surface area contributed by atoms with Gasteiger partial charge in [-0.2, -0.15) is 10.4 Å². The molecule has 13 heteroatoms. The Balaban J connectivity index is 0.829. The quantitative estimate of drug-likeness (QED) is 0.183. The molecule has 0 radical (unpaired) electrons. The minimum Gasteiger partial charge on any atom is -0.371 e. The minimum absolute atomic E-state index is 0.127. The van der Waals surface area contributed by atoms with Crippen molar-refractivity contribution < 1.29 is 23.9 Å². The number of imide groups is 1. The third-order valence-corrected chi connectivity index (χ3v) is 12.4. The zero-order valence-corrected chi connectivity index (χ0v) is 32.7. The van der Waals surface area contributed by atoms with Crippen LogP contribution in [0.15, 0.2) is 54.6 Å². The van der Waals surface area contributed by atoms with Gasteiger partial charge in [0.05, 0.1) is 22.8 Å². The summed E-state index contributed by atoms with van der Waals surface area (Å²) in [5.74, 6) is 5.24. The van der Waals surface area contributed by atoms with Crippen molar-refractivity contribution in [3.8, 4) is 29.2 Å². The number of likely N-dealkylation sites (tertiary alicyclic amines) is 1. The lowest BCUT2D eigenvalue weighted by molar-refractivity contribution is -0.139. The van der Waals surface area contributed by atoms with E-state index in [2.05, 4.69) is 33.0 Å². The molecule has 8 rings (SSSR count). The fourth-order valence-corrected chi connectivity index (χ4v) is 8.85. The lowest BCUT2D eigenvalue weighted by atomic mass is 9.93. The molecule has 3 saturated heterocycles. The van der Waals surface area contributed by atoms with Crippen molar-refractivity contribution in [2.75, 3.05) is 31.1 Å². The SMILES string of the molecule is Cc1c(-c2ccc(C#N)c(Cl)c2)nn(Cc2ccc(C#CC3CCN(C4CCN(c5ccc6c(c5)C(O)N(C5CCC(=O)NC5=O)C6=O)CC4)CC3)cc2F)c1C. The van der Waals surface area contributed by atoms with Crippen LogP contribution in [0.5, 0.6) is 0 Å². The molecule has 4 aromatic rings. The van der Waals surface area contributed by atoms with E-state index in [1.165, 1.54) is 11.0 Å². The van der Waals surface area contributed by atoms with Gasteiger partial charge in [0.1, 0.15) is 17.9 Å². The lowest BCUT2D eigenvalue weighted by Gasteiger charge is -2.42. The number of aromatic nitrogens is 2. The molecule has 3 fully saturated rings. The molecule has 5 heterocycles. The molecule has 0 aliphatic carbocycles. The molecule has 4 aliphatic heterocycles. The number of hydrogen-bond donors (Lipinski definition) is 2. The Hall–Kier alpha value is -5.53. The number of rotatable bonds is 6. The molecule has 11 nitrogen and oxygen atoms in total. The second-order valence-electron chi connectivity index (χ2n) is 15.5. The number of nitrogens with one attached hydrogen (secondary N) is 1. The number of carbonyl (C=O) groups is 3. The van der Waals surface area contributed by atoms with Gasteiger partial charge in [-0.15, -0.1) is 0 Å². The maximum Gasteiger partial charge on any atom is 0.257 e. The predicted octanol–water partition coefficient (Wildman–Crippen LogP) is 5.86. The molecule has 2 unspecified atom stereocenters. The van der Waals surface area contributed by atoms with Gasteiger partial charge < -0.3 is 14.9 Å². The summed E-state index contributed by atoms with van der Waals surface area (Å²) in [6.07, 6.45) is 2.97. The van der Waals surface area contributed by atoms with E-state index in [0.717, 1.165) is 80.1 Å². The average molecular weight is 788 g/mol. The Morgan fingerprint density at radius 3 is 2.44 bits per heavy atom. The highest BCUT2D eigenvalue weighted by molar-refractivity contribution is 6.32. The summed E-state index contributed by atoms with van der Waals surface area (Å²) < 4.78 is 17.2. The van der Waals surface area contributed by atoms with Crippen LogP contribution in [0, 0.1) is 48.8 Å². The van der Waals surface area contributed by atoms with Crippen molar-refractivity contribution in [3.05, 3.63) is 105 Å². The summed E-state index contributed by atoms with van der Waals surface area (Å²) in [6.45, 7) is 7.81. The molecule has 3 amide bonds. The van der Waals surface area contributed by atoms with E-state index in [0.29, 0.717) is 38.9 Å². The zero-order chi connectivity index (χ0) is 40.0. The number of anilines is 1.